The molecule has 2 aromatic carbocycles. The van der Waals surface area contributed by atoms with Crippen LogP contribution in [0.5, 0.6) is 0 Å². The SMILES string of the molecule is CCc1ccc(CC)c(-c2nonc2NC(=O)CN2C(=O)/C(=C/c3ccccc3)SC2=S)c1. The van der Waals surface area contributed by atoms with E-state index in [2.05, 4.69) is 28.6 Å². The molecule has 0 atom stereocenters. The van der Waals surface area contributed by atoms with Crippen LogP contribution in [-0.2, 0) is 22.4 Å². The van der Waals surface area contributed by atoms with Crippen molar-refractivity contribution in [2.24, 2.45) is 0 Å². The van der Waals surface area contributed by atoms with Gasteiger partial charge in [-0.05, 0) is 52.0 Å². The fraction of sp³-hybridized carbons (Fsp3) is 0.208. The molecule has 2 heterocycles. The first-order chi connectivity index (χ1) is 16.0. The van der Waals surface area contributed by atoms with E-state index in [0.29, 0.717) is 14.9 Å². The molecule has 7 nitrogen and oxygen atoms in total. The van der Waals surface area contributed by atoms with Crippen molar-refractivity contribution in [3.8, 4) is 11.3 Å². The highest BCUT2D eigenvalue weighted by atomic mass is 32.2. The van der Waals surface area contributed by atoms with Gasteiger partial charge in [0.05, 0.1) is 4.91 Å². The van der Waals surface area contributed by atoms with Crippen molar-refractivity contribution in [2.75, 3.05) is 11.9 Å². The molecule has 1 fully saturated rings. The Balaban J connectivity index is 1.50. The van der Waals surface area contributed by atoms with Gasteiger partial charge in [-0.2, -0.15) is 0 Å². The van der Waals surface area contributed by atoms with Gasteiger partial charge in [0.25, 0.3) is 5.91 Å². The van der Waals surface area contributed by atoms with Crippen molar-refractivity contribution in [1.82, 2.24) is 15.2 Å². The van der Waals surface area contributed by atoms with Gasteiger partial charge in [0.2, 0.25) is 11.7 Å². The Morgan fingerprint density at radius 3 is 2.67 bits per heavy atom. The Morgan fingerprint density at radius 1 is 1.15 bits per heavy atom. The summed E-state index contributed by atoms with van der Waals surface area (Å²) in [5.74, 6) is -0.520. The number of thiocarbonyl (C=S) groups is 1. The summed E-state index contributed by atoms with van der Waals surface area (Å²) in [7, 11) is 0. The number of benzene rings is 2. The smallest absolute Gasteiger partial charge is 0.266 e. The number of carbonyl (C=O) groups excluding carboxylic acids is 2. The van der Waals surface area contributed by atoms with Gasteiger partial charge >= 0.3 is 0 Å². The molecule has 1 N–H and O–H groups in total. The molecule has 168 valence electrons. The van der Waals surface area contributed by atoms with Gasteiger partial charge in [-0.15, -0.1) is 0 Å². The highest BCUT2D eigenvalue weighted by molar-refractivity contribution is 8.26. The van der Waals surface area contributed by atoms with Crippen LogP contribution < -0.4 is 5.32 Å². The zero-order chi connectivity index (χ0) is 23.4. The molecule has 0 unspecified atom stereocenters. The number of nitrogens with zero attached hydrogens (tertiary/aromatic N) is 3. The second-order valence-electron chi connectivity index (χ2n) is 7.39. The molecule has 1 saturated heterocycles. The summed E-state index contributed by atoms with van der Waals surface area (Å²) in [6, 6.07) is 15.6. The number of carbonyl (C=O) groups is 2. The largest absolute Gasteiger partial charge is 0.304 e. The van der Waals surface area contributed by atoms with Crippen LogP contribution in [0.3, 0.4) is 0 Å². The monoisotopic (exact) mass is 478 g/mol. The maximum absolute atomic E-state index is 12.8. The average Bonchev–Trinajstić information content (AvgIpc) is 3.39. The van der Waals surface area contributed by atoms with Gasteiger partial charge in [-0.25, -0.2) is 4.63 Å². The van der Waals surface area contributed by atoms with E-state index in [1.54, 1.807) is 6.08 Å². The number of aryl methyl sites for hydroxylation is 2. The third kappa shape index (κ3) is 5.04. The summed E-state index contributed by atoms with van der Waals surface area (Å²) in [4.78, 5) is 27.4. The van der Waals surface area contributed by atoms with Gasteiger partial charge in [0, 0.05) is 5.56 Å². The lowest BCUT2D eigenvalue weighted by Crippen LogP contribution is -2.36. The van der Waals surface area contributed by atoms with Crippen molar-refractivity contribution in [1.29, 1.82) is 0 Å². The van der Waals surface area contributed by atoms with Gasteiger partial charge in [0.1, 0.15) is 10.9 Å². The van der Waals surface area contributed by atoms with Crippen molar-refractivity contribution in [2.45, 2.75) is 26.7 Å². The van der Waals surface area contributed by atoms with Crippen LogP contribution in [-0.4, -0.2) is 37.9 Å². The third-order valence-electron chi connectivity index (χ3n) is 5.24. The summed E-state index contributed by atoms with van der Waals surface area (Å²) in [6.45, 7) is 3.90. The van der Waals surface area contributed by atoms with E-state index >= 15 is 0 Å². The highest BCUT2D eigenvalue weighted by Gasteiger charge is 2.33. The molecule has 3 aromatic rings. The number of amides is 2. The molecule has 9 heteroatoms. The molecule has 0 bridgehead atoms. The molecule has 0 aliphatic carbocycles. The molecule has 0 saturated carbocycles. The van der Waals surface area contributed by atoms with E-state index in [1.807, 2.05) is 49.4 Å². The Labute approximate surface area is 201 Å². The maximum Gasteiger partial charge on any atom is 0.266 e. The summed E-state index contributed by atoms with van der Waals surface area (Å²) in [5.41, 5.74) is 4.43. The number of rotatable bonds is 7. The minimum Gasteiger partial charge on any atom is -0.304 e. The number of anilines is 1. The fourth-order valence-corrected chi connectivity index (χ4v) is 4.73. The lowest BCUT2D eigenvalue weighted by atomic mass is 9.98. The van der Waals surface area contributed by atoms with Crippen molar-refractivity contribution in [3.05, 3.63) is 70.1 Å². The topological polar surface area (TPSA) is 88.3 Å². The van der Waals surface area contributed by atoms with Crippen molar-refractivity contribution >= 4 is 52.0 Å². The number of aromatic nitrogens is 2. The van der Waals surface area contributed by atoms with E-state index in [1.165, 1.54) is 16.7 Å². The summed E-state index contributed by atoms with van der Waals surface area (Å²) < 4.78 is 5.27. The van der Waals surface area contributed by atoms with E-state index in [-0.39, 0.29) is 18.3 Å². The van der Waals surface area contributed by atoms with Crippen LogP contribution in [0.2, 0.25) is 0 Å². The van der Waals surface area contributed by atoms with E-state index in [4.69, 9.17) is 16.8 Å². The van der Waals surface area contributed by atoms with E-state index < -0.39 is 5.91 Å². The number of hydrogen-bond acceptors (Lipinski definition) is 7. The Hall–Kier alpha value is -3.30. The van der Waals surface area contributed by atoms with E-state index in [0.717, 1.165) is 35.1 Å². The lowest BCUT2D eigenvalue weighted by molar-refractivity contribution is -0.126. The molecule has 0 spiro atoms. The highest BCUT2D eigenvalue weighted by Crippen LogP contribution is 2.33. The number of hydrogen-bond donors (Lipinski definition) is 1. The minimum atomic E-state index is -0.436. The molecule has 4 rings (SSSR count). The van der Waals surface area contributed by atoms with Crippen LogP contribution in [0.15, 0.2) is 58.1 Å². The predicted molar refractivity (Wildman–Crippen MR) is 133 cm³/mol. The van der Waals surface area contributed by atoms with Crippen LogP contribution in [0.1, 0.15) is 30.5 Å². The second kappa shape index (κ2) is 10.1. The third-order valence-corrected chi connectivity index (χ3v) is 6.62. The first-order valence-corrected chi connectivity index (χ1v) is 11.8. The summed E-state index contributed by atoms with van der Waals surface area (Å²) in [5, 5.41) is 10.6. The molecule has 1 aliphatic rings. The van der Waals surface area contributed by atoms with Crippen LogP contribution >= 0.6 is 24.0 Å². The Kier molecular flexibility index (Phi) is 7.00. The van der Waals surface area contributed by atoms with Gasteiger partial charge in [-0.3, -0.25) is 14.5 Å². The summed E-state index contributed by atoms with van der Waals surface area (Å²) >= 11 is 6.52. The lowest BCUT2D eigenvalue weighted by Gasteiger charge is -2.14. The van der Waals surface area contributed by atoms with Crippen LogP contribution in [0.4, 0.5) is 5.82 Å². The normalized spacial score (nSPS) is 14.8. The van der Waals surface area contributed by atoms with Crippen molar-refractivity contribution in [3.63, 3.8) is 0 Å². The molecule has 1 aromatic heterocycles. The second-order valence-corrected chi connectivity index (χ2v) is 9.06. The first kappa shape index (κ1) is 22.9. The molecular formula is C24H22N4O3S2. The Morgan fingerprint density at radius 2 is 1.94 bits per heavy atom. The fourth-order valence-electron chi connectivity index (χ4n) is 3.47. The molecule has 2 amide bonds. The Bertz CT molecular complexity index is 1240. The molecule has 0 radical (unpaired) electrons. The van der Waals surface area contributed by atoms with E-state index in [9.17, 15) is 9.59 Å². The number of thioether (sulfide) groups is 1. The number of nitrogens with one attached hydrogen (secondary N) is 1. The predicted octanol–water partition coefficient (Wildman–Crippen LogP) is 4.70. The standard InChI is InChI=1S/C24H22N4O3S2/c1-3-15-10-11-17(4-2)18(12-15)21-22(27-31-26-21)25-20(29)14-28-23(30)19(33-24(28)32)13-16-8-6-5-7-9-16/h5-13H,3-4,14H2,1-2H3,(H,25,27,29)/b19-13-. The maximum atomic E-state index is 12.8. The van der Waals surface area contributed by atoms with Crippen molar-refractivity contribution < 1.29 is 14.2 Å². The quantitative estimate of drug-likeness (QED) is 0.389. The van der Waals surface area contributed by atoms with Gasteiger partial charge in [-0.1, -0.05) is 80.3 Å². The average molecular weight is 479 g/mol. The van der Waals surface area contributed by atoms with Gasteiger partial charge in [0.15, 0.2) is 5.69 Å². The van der Waals surface area contributed by atoms with Crippen LogP contribution in [0.25, 0.3) is 17.3 Å². The molecule has 1 aliphatic heterocycles. The zero-order valence-corrected chi connectivity index (χ0v) is 19.8. The zero-order valence-electron chi connectivity index (χ0n) is 18.2. The van der Waals surface area contributed by atoms with Crippen LogP contribution in [0, 0.1) is 0 Å². The molecular weight excluding hydrogens is 456 g/mol. The summed E-state index contributed by atoms with van der Waals surface area (Å²) in [6.07, 6.45) is 3.43. The first-order valence-electron chi connectivity index (χ1n) is 10.5. The molecule has 33 heavy (non-hydrogen) atoms. The minimum absolute atomic E-state index is 0.216. The van der Waals surface area contributed by atoms with Gasteiger partial charge < -0.3 is 5.32 Å².